The molecule has 20 heavy (non-hydrogen) atoms. The third kappa shape index (κ3) is 3.52. The zero-order valence-electron chi connectivity index (χ0n) is 11.7. The third-order valence-corrected chi connectivity index (χ3v) is 4.12. The summed E-state index contributed by atoms with van der Waals surface area (Å²) in [4.78, 5) is 25.8. The highest BCUT2D eigenvalue weighted by Gasteiger charge is 2.22. The Labute approximate surface area is 123 Å². The van der Waals surface area contributed by atoms with Crippen LogP contribution in [0, 0.1) is 0 Å². The lowest BCUT2D eigenvalue weighted by Crippen LogP contribution is -2.46. The first-order valence-electron chi connectivity index (χ1n) is 6.52. The molecular formula is C14H19N3O2S. The van der Waals surface area contributed by atoms with Crippen LogP contribution in [0.2, 0.25) is 0 Å². The summed E-state index contributed by atoms with van der Waals surface area (Å²) in [6, 6.07) is 6.88. The first-order chi connectivity index (χ1) is 9.59. The molecule has 1 saturated heterocycles. The van der Waals surface area contributed by atoms with E-state index in [0.29, 0.717) is 11.3 Å². The molecule has 2 amide bonds. The van der Waals surface area contributed by atoms with Crippen molar-refractivity contribution in [2.75, 3.05) is 37.5 Å². The normalized spacial score (nSPS) is 18.4. The van der Waals surface area contributed by atoms with Gasteiger partial charge in [0.15, 0.2) is 0 Å². The van der Waals surface area contributed by atoms with Gasteiger partial charge in [-0.25, -0.2) is 0 Å². The SMILES string of the molecule is CN(C)C(=O)c1ccccc1NC(=O)C1CSCCN1. The number of thioether (sulfide) groups is 1. The molecule has 5 nitrogen and oxygen atoms in total. The molecule has 0 saturated carbocycles. The van der Waals surface area contributed by atoms with Crippen molar-refractivity contribution in [1.29, 1.82) is 0 Å². The lowest BCUT2D eigenvalue weighted by molar-refractivity contribution is -0.117. The second kappa shape index (κ2) is 6.76. The fourth-order valence-corrected chi connectivity index (χ4v) is 2.91. The van der Waals surface area contributed by atoms with Gasteiger partial charge in [0.25, 0.3) is 5.91 Å². The van der Waals surface area contributed by atoms with Crippen LogP contribution in [-0.4, -0.2) is 54.9 Å². The maximum absolute atomic E-state index is 12.2. The highest BCUT2D eigenvalue weighted by Crippen LogP contribution is 2.18. The summed E-state index contributed by atoms with van der Waals surface area (Å²) in [6.07, 6.45) is 0. The summed E-state index contributed by atoms with van der Waals surface area (Å²) in [5, 5.41) is 6.04. The summed E-state index contributed by atoms with van der Waals surface area (Å²) in [6.45, 7) is 0.834. The summed E-state index contributed by atoms with van der Waals surface area (Å²) < 4.78 is 0. The van der Waals surface area contributed by atoms with Crippen molar-refractivity contribution in [3.05, 3.63) is 29.8 Å². The number of amides is 2. The van der Waals surface area contributed by atoms with Crippen LogP contribution in [0.25, 0.3) is 0 Å². The minimum atomic E-state index is -0.198. The van der Waals surface area contributed by atoms with Gasteiger partial charge >= 0.3 is 0 Å². The summed E-state index contributed by atoms with van der Waals surface area (Å²) >= 11 is 1.76. The number of nitrogens with one attached hydrogen (secondary N) is 2. The van der Waals surface area contributed by atoms with E-state index < -0.39 is 0 Å². The van der Waals surface area contributed by atoms with Crippen LogP contribution in [0.1, 0.15) is 10.4 Å². The predicted octanol–water partition coefficient (Wildman–Crippen LogP) is 1.03. The largest absolute Gasteiger partial charge is 0.345 e. The number of nitrogens with zero attached hydrogens (tertiary/aromatic N) is 1. The Kier molecular flexibility index (Phi) is 5.03. The topological polar surface area (TPSA) is 61.4 Å². The molecule has 0 radical (unpaired) electrons. The van der Waals surface area contributed by atoms with Crippen molar-refractivity contribution in [3.63, 3.8) is 0 Å². The van der Waals surface area contributed by atoms with E-state index in [9.17, 15) is 9.59 Å². The van der Waals surface area contributed by atoms with Crippen LogP contribution in [0.3, 0.4) is 0 Å². The molecule has 1 aromatic carbocycles. The van der Waals surface area contributed by atoms with Crippen LogP contribution in [0.15, 0.2) is 24.3 Å². The highest BCUT2D eigenvalue weighted by atomic mass is 32.2. The van der Waals surface area contributed by atoms with Crippen LogP contribution in [-0.2, 0) is 4.79 Å². The smallest absolute Gasteiger partial charge is 0.255 e. The number of carbonyl (C=O) groups is 2. The monoisotopic (exact) mass is 293 g/mol. The molecule has 1 aliphatic rings. The van der Waals surface area contributed by atoms with Gasteiger partial charge in [-0.15, -0.1) is 0 Å². The van der Waals surface area contributed by atoms with E-state index in [1.165, 1.54) is 4.90 Å². The summed E-state index contributed by atoms with van der Waals surface area (Å²) in [5.41, 5.74) is 1.07. The van der Waals surface area contributed by atoms with Gasteiger partial charge in [0.05, 0.1) is 17.3 Å². The second-order valence-corrected chi connectivity index (χ2v) is 5.97. The van der Waals surface area contributed by atoms with Gasteiger partial charge in [-0.3, -0.25) is 9.59 Å². The number of para-hydroxylation sites is 1. The minimum Gasteiger partial charge on any atom is -0.345 e. The Balaban J connectivity index is 2.12. The maximum Gasteiger partial charge on any atom is 0.255 e. The van der Waals surface area contributed by atoms with E-state index in [2.05, 4.69) is 10.6 Å². The van der Waals surface area contributed by atoms with E-state index >= 15 is 0 Å². The first-order valence-corrected chi connectivity index (χ1v) is 7.67. The van der Waals surface area contributed by atoms with Crippen molar-refractivity contribution in [2.45, 2.75) is 6.04 Å². The molecule has 0 aromatic heterocycles. The van der Waals surface area contributed by atoms with Gasteiger partial charge in [-0.1, -0.05) is 12.1 Å². The highest BCUT2D eigenvalue weighted by molar-refractivity contribution is 7.99. The molecule has 1 aromatic rings. The number of hydrogen-bond acceptors (Lipinski definition) is 4. The van der Waals surface area contributed by atoms with Crippen molar-refractivity contribution in [2.24, 2.45) is 0 Å². The predicted molar refractivity (Wildman–Crippen MR) is 82.2 cm³/mol. The standard InChI is InChI=1S/C14H19N3O2S/c1-17(2)14(19)10-5-3-4-6-11(10)16-13(18)12-9-20-8-7-15-12/h3-6,12,15H,7-9H2,1-2H3,(H,16,18). The Morgan fingerprint density at radius 1 is 1.35 bits per heavy atom. The van der Waals surface area contributed by atoms with Crippen LogP contribution < -0.4 is 10.6 Å². The van der Waals surface area contributed by atoms with E-state index in [1.807, 2.05) is 6.07 Å². The quantitative estimate of drug-likeness (QED) is 0.874. The van der Waals surface area contributed by atoms with E-state index in [4.69, 9.17) is 0 Å². The van der Waals surface area contributed by atoms with Gasteiger partial charge in [-0.05, 0) is 12.1 Å². The number of carbonyl (C=O) groups excluding carboxylic acids is 2. The fourth-order valence-electron chi connectivity index (χ4n) is 1.97. The minimum absolute atomic E-state index is 0.0868. The molecule has 1 fully saturated rings. The molecule has 1 heterocycles. The van der Waals surface area contributed by atoms with Gasteiger partial charge in [0.2, 0.25) is 5.91 Å². The van der Waals surface area contributed by atoms with E-state index in [-0.39, 0.29) is 17.9 Å². The number of hydrogen-bond donors (Lipinski definition) is 2. The zero-order chi connectivity index (χ0) is 14.5. The number of rotatable bonds is 3. The third-order valence-electron chi connectivity index (χ3n) is 3.06. The fraction of sp³-hybridized carbons (Fsp3) is 0.429. The average Bonchev–Trinajstić information content (AvgIpc) is 2.48. The van der Waals surface area contributed by atoms with Crippen molar-refractivity contribution >= 4 is 29.3 Å². The van der Waals surface area contributed by atoms with Crippen molar-refractivity contribution < 1.29 is 9.59 Å². The number of benzene rings is 1. The first kappa shape index (κ1) is 14.9. The molecule has 6 heteroatoms. The molecule has 0 bridgehead atoms. The Morgan fingerprint density at radius 2 is 2.10 bits per heavy atom. The maximum atomic E-state index is 12.2. The molecule has 108 valence electrons. The Morgan fingerprint density at radius 3 is 2.75 bits per heavy atom. The lowest BCUT2D eigenvalue weighted by Gasteiger charge is -2.23. The molecule has 1 aliphatic heterocycles. The molecule has 0 aliphatic carbocycles. The van der Waals surface area contributed by atoms with Gasteiger partial charge in [0.1, 0.15) is 0 Å². The summed E-state index contributed by atoms with van der Waals surface area (Å²) in [5.74, 6) is 1.58. The molecular weight excluding hydrogens is 274 g/mol. The molecule has 2 N–H and O–H groups in total. The van der Waals surface area contributed by atoms with Crippen molar-refractivity contribution in [1.82, 2.24) is 10.2 Å². The summed E-state index contributed by atoms with van der Waals surface area (Å²) in [7, 11) is 3.39. The molecule has 0 spiro atoms. The molecule has 1 atom stereocenters. The lowest BCUT2D eigenvalue weighted by atomic mass is 10.1. The second-order valence-electron chi connectivity index (χ2n) is 4.82. The van der Waals surface area contributed by atoms with Crippen LogP contribution in [0.4, 0.5) is 5.69 Å². The van der Waals surface area contributed by atoms with Crippen LogP contribution >= 0.6 is 11.8 Å². The van der Waals surface area contributed by atoms with Gasteiger partial charge in [0, 0.05) is 32.1 Å². The van der Waals surface area contributed by atoms with Crippen LogP contribution in [0.5, 0.6) is 0 Å². The van der Waals surface area contributed by atoms with E-state index in [1.54, 1.807) is 44.1 Å². The van der Waals surface area contributed by atoms with Crippen molar-refractivity contribution in [3.8, 4) is 0 Å². The Bertz CT molecular complexity index is 499. The molecule has 1 unspecified atom stereocenters. The molecule has 2 rings (SSSR count). The van der Waals surface area contributed by atoms with Gasteiger partial charge in [-0.2, -0.15) is 11.8 Å². The number of anilines is 1. The van der Waals surface area contributed by atoms with E-state index in [0.717, 1.165) is 18.1 Å². The zero-order valence-corrected chi connectivity index (χ0v) is 12.5. The Hall–Kier alpha value is -1.53. The average molecular weight is 293 g/mol. The van der Waals surface area contributed by atoms with Gasteiger partial charge < -0.3 is 15.5 Å².